The fourth-order valence-corrected chi connectivity index (χ4v) is 1.48. The molecular formula is C14H25N3O6. The van der Waals surface area contributed by atoms with Crippen LogP contribution in [0.25, 0.3) is 0 Å². The Hall–Kier alpha value is -2.10. The lowest BCUT2D eigenvalue weighted by Crippen LogP contribution is -2.47. The third-order valence-electron chi connectivity index (χ3n) is 2.53. The van der Waals surface area contributed by atoms with Crippen molar-refractivity contribution in [2.45, 2.75) is 12.2 Å². The van der Waals surface area contributed by atoms with Crippen molar-refractivity contribution in [1.29, 1.82) is 0 Å². The predicted molar refractivity (Wildman–Crippen MR) is 83.7 cm³/mol. The summed E-state index contributed by atoms with van der Waals surface area (Å²) in [5.41, 5.74) is 5.31. The molecule has 0 aromatic rings. The molecule has 0 saturated heterocycles. The fourth-order valence-electron chi connectivity index (χ4n) is 1.48. The Bertz CT molecular complexity index is 391. The third-order valence-corrected chi connectivity index (χ3v) is 2.53. The number of alkyl carbamates (subject to hydrolysis) is 1. The Morgan fingerprint density at radius 1 is 1.13 bits per heavy atom. The minimum atomic E-state index is -1.08. The van der Waals surface area contributed by atoms with Crippen LogP contribution >= 0.6 is 0 Å². The molecule has 132 valence electrons. The average molecular weight is 331 g/mol. The van der Waals surface area contributed by atoms with Crippen molar-refractivity contribution in [2.75, 3.05) is 39.4 Å². The molecular weight excluding hydrogens is 306 g/mol. The van der Waals surface area contributed by atoms with E-state index in [-0.39, 0.29) is 39.4 Å². The van der Waals surface area contributed by atoms with E-state index in [1.54, 1.807) is 0 Å². The maximum Gasteiger partial charge on any atom is 0.410 e. The van der Waals surface area contributed by atoms with Gasteiger partial charge < -0.3 is 35.6 Å². The van der Waals surface area contributed by atoms with Gasteiger partial charge in [-0.3, -0.25) is 0 Å². The number of nitrogens with two attached hydrogens (primary N) is 1. The van der Waals surface area contributed by atoms with Gasteiger partial charge in [-0.1, -0.05) is 25.3 Å². The Labute approximate surface area is 135 Å². The number of nitrogens with one attached hydrogen (secondary N) is 1. The number of rotatable bonds is 11. The normalized spacial score (nSPS) is 12.7. The van der Waals surface area contributed by atoms with E-state index in [9.17, 15) is 19.8 Å². The van der Waals surface area contributed by atoms with Crippen LogP contribution in [-0.4, -0.2) is 78.9 Å². The zero-order valence-electron chi connectivity index (χ0n) is 13.0. The second kappa shape index (κ2) is 12.4. The molecule has 0 spiro atoms. The maximum atomic E-state index is 11.8. The minimum Gasteiger partial charge on any atom is -0.445 e. The number of hydrogen-bond donors (Lipinski definition) is 4. The SMILES string of the molecule is C=CCOC(=O)NC[C@H](O)CN(C[C@H](O)CN)C(=O)OCC=C. The number of hydrogen-bond acceptors (Lipinski definition) is 7. The Kier molecular flexibility index (Phi) is 11.3. The van der Waals surface area contributed by atoms with Gasteiger partial charge in [0.1, 0.15) is 13.2 Å². The van der Waals surface area contributed by atoms with E-state index in [1.807, 2.05) is 0 Å². The number of nitrogens with zero attached hydrogens (tertiary/aromatic N) is 1. The number of amides is 2. The van der Waals surface area contributed by atoms with Gasteiger partial charge in [-0.25, -0.2) is 9.59 Å². The molecule has 0 aliphatic carbocycles. The molecule has 23 heavy (non-hydrogen) atoms. The van der Waals surface area contributed by atoms with Crippen LogP contribution in [0.3, 0.4) is 0 Å². The zero-order chi connectivity index (χ0) is 17.7. The van der Waals surface area contributed by atoms with Crippen LogP contribution in [0.4, 0.5) is 9.59 Å². The second-order valence-corrected chi connectivity index (χ2v) is 4.58. The lowest BCUT2D eigenvalue weighted by atomic mass is 10.3. The average Bonchev–Trinajstić information content (AvgIpc) is 2.54. The fraction of sp³-hybridized carbons (Fsp3) is 0.571. The Morgan fingerprint density at radius 3 is 2.26 bits per heavy atom. The molecule has 0 rings (SSSR count). The van der Waals surface area contributed by atoms with Crippen LogP contribution in [0.5, 0.6) is 0 Å². The van der Waals surface area contributed by atoms with Crippen LogP contribution < -0.4 is 11.1 Å². The number of aliphatic hydroxyl groups is 2. The second-order valence-electron chi connectivity index (χ2n) is 4.58. The first-order valence-corrected chi connectivity index (χ1v) is 7.04. The quantitative estimate of drug-likeness (QED) is 0.364. The van der Waals surface area contributed by atoms with Gasteiger partial charge in [-0.15, -0.1) is 0 Å². The van der Waals surface area contributed by atoms with Gasteiger partial charge in [-0.05, 0) is 0 Å². The maximum absolute atomic E-state index is 11.8. The molecule has 2 amide bonds. The van der Waals surface area contributed by atoms with Gasteiger partial charge in [0.15, 0.2) is 0 Å². The molecule has 0 fully saturated rings. The molecule has 2 atom stereocenters. The van der Waals surface area contributed by atoms with Crippen molar-refractivity contribution in [3.05, 3.63) is 25.3 Å². The first-order valence-electron chi connectivity index (χ1n) is 7.04. The summed E-state index contributed by atoms with van der Waals surface area (Å²) in [7, 11) is 0. The number of carbonyl (C=O) groups is 2. The summed E-state index contributed by atoms with van der Waals surface area (Å²) in [6, 6.07) is 0. The molecule has 0 heterocycles. The molecule has 0 radical (unpaired) electrons. The molecule has 0 aliphatic heterocycles. The van der Waals surface area contributed by atoms with E-state index in [4.69, 9.17) is 10.5 Å². The number of aliphatic hydroxyl groups excluding tert-OH is 2. The predicted octanol–water partition coefficient (Wildman–Crippen LogP) is -0.796. The highest BCUT2D eigenvalue weighted by molar-refractivity contribution is 5.68. The summed E-state index contributed by atoms with van der Waals surface area (Å²) < 4.78 is 9.54. The molecule has 5 N–H and O–H groups in total. The van der Waals surface area contributed by atoms with Crippen molar-refractivity contribution in [3.63, 3.8) is 0 Å². The largest absolute Gasteiger partial charge is 0.445 e. The topological polar surface area (TPSA) is 134 Å². The summed E-state index contributed by atoms with van der Waals surface area (Å²) in [4.78, 5) is 24.2. The van der Waals surface area contributed by atoms with Gasteiger partial charge in [0.2, 0.25) is 0 Å². The lowest BCUT2D eigenvalue weighted by molar-refractivity contribution is 0.0535. The van der Waals surface area contributed by atoms with Crippen molar-refractivity contribution < 1.29 is 29.3 Å². The Morgan fingerprint density at radius 2 is 1.70 bits per heavy atom. The first kappa shape index (κ1) is 20.9. The van der Waals surface area contributed by atoms with E-state index < -0.39 is 24.4 Å². The van der Waals surface area contributed by atoms with Crippen LogP contribution in [-0.2, 0) is 9.47 Å². The highest BCUT2D eigenvalue weighted by atomic mass is 16.6. The molecule has 0 aromatic heterocycles. The third kappa shape index (κ3) is 10.3. The number of ether oxygens (including phenoxy) is 2. The van der Waals surface area contributed by atoms with Crippen LogP contribution in [0.15, 0.2) is 25.3 Å². The van der Waals surface area contributed by atoms with E-state index in [0.29, 0.717) is 0 Å². The number of carbonyl (C=O) groups excluding carboxylic acids is 2. The van der Waals surface area contributed by atoms with Gasteiger partial charge in [0, 0.05) is 13.1 Å². The van der Waals surface area contributed by atoms with E-state index >= 15 is 0 Å². The highest BCUT2D eigenvalue weighted by Gasteiger charge is 2.21. The van der Waals surface area contributed by atoms with Crippen LogP contribution in [0, 0.1) is 0 Å². The molecule has 0 bridgehead atoms. The van der Waals surface area contributed by atoms with Crippen LogP contribution in [0.2, 0.25) is 0 Å². The summed E-state index contributed by atoms with van der Waals surface area (Å²) in [6.45, 7) is 6.40. The summed E-state index contributed by atoms with van der Waals surface area (Å²) in [5.74, 6) is 0. The van der Waals surface area contributed by atoms with Crippen molar-refractivity contribution in [2.24, 2.45) is 5.73 Å². The van der Waals surface area contributed by atoms with Crippen molar-refractivity contribution in [3.8, 4) is 0 Å². The lowest BCUT2D eigenvalue weighted by Gasteiger charge is -2.26. The van der Waals surface area contributed by atoms with Gasteiger partial charge in [0.05, 0.1) is 25.3 Å². The molecule has 0 saturated carbocycles. The van der Waals surface area contributed by atoms with Gasteiger partial charge in [-0.2, -0.15) is 0 Å². The standard InChI is InChI=1S/C14H25N3O6/c1-3-5-22-13(20)16-8-12(19)10-17(9-11(18)7-15)14(21)23-6-4-2/h3-4,11-12,18-19H,1-2,5-10,15H2,(H,16,20)/t11-,12+/m1/s1. The molecule has 9 heteroatoms. The van der Waals surface area contributed by atoms with Gasteiger partial charge >= 0.3 is 12.2 Å². The minimum absolute atomic E-state index is 0.00369. The summed E-state index contributed by atoms with van der Waals surface area (Å²) in [5, 5.41) is 21.8. The zero-order valence-corrected chi connectivity index (χ0v) is 13.0. The van der Waals surface area contributed by atoms with E-state index in [1.165, 1.54) is 12.2 Å². The molecule has 0 unspecified atom stereocenters. The summed E-state index contributed by atoms with van der Waals surface area (Å²) in [6.07, 6.45) is -0.682. The van der Waals surface area contributed by atoms with Gasteiger partial charge in [0.25, 0.3) is 0 Å². The smallest absolute Gasteiger partial charge is 0.410 e. The first-order chi connectivity index (χ1) is 10.9. The Balaban J connectivity index is 4.42. The molecule has 0 aliphatic rings. The van der Waals surface area contributed by atoms with Crippen molar-refractivity contribution >= 4 is 12.2 Å². The van der Waals surface area contributed by atoms with Crippen LogP contribution in [0.1, 0.15) is 0 Å². The summed E-state index contributed by atoms with van der Waals surface area (Å²) >= 11 is 0. The molecule has 0 aromatic carbocycles. The highest BCUT2D eigenvalue weighted by Crippen LogP contribution is 2.00. The molecule has 9 nitrogen and oxygen atoms in total. The van der Waals surface area contributed by atoms with E-state index in [2.05, 4.69) is 23.2 Å². The van der Waals surface area contributed by atoms with E-state index in [0.717, 1.165) is 4.90 Å². The van der Waals surface area contributed by atoms with Crippen molar-refractivity contribution in [1.82, 2.24) is 10.2 Å². The monoisotopic (exact) mass is 331 g/mol.